The SMILES string of the molecule is Cc1cc(C)c(C(=O)N2CCC(CCN3[C@@H]4CC[C@H]3CC(n3c(C)nc5ccccc53)C4)(c3ccccc3)CC2)c(C)c1. The number of carbonyl (C=O) groups excluding carboxylic acids is 1. The molecule has 1 aromatic heterocycles. The number of likely N-dealkylation sites (tertiary alicyclic amines) is 1. The first-order chi connectivity index (χ1) is 20.8. The lowest BCUT2D eigenvalue weighted by Gasteiger charge is -2.46. The summed E-state index contributed by atoms with van der Waals surface area (Å²) in [5.41, 5.74) is 8.30. The highest BCUT2D eigenvalue weighted by Gasteiger charge is 2.44. The number of para-hydroxylation sites is 2. The van der Waals surface area contributed by atoms with Crippen molar-refractivity contribution >= 4 is 16.9 Å². The molecule has 4 aromatic rings. The molecule has 4 heterocycles. The standard InChI is InChI=1S/C38H46N4O/c1-26-22-27(2)36(28(3)23-26)37(43)40-19-16-38(17-20-40,30-10-6-5-7-11-30)18-21-41-31-14-15-32(41)25-33(24-31)42-29(4)39-34-12-8-9-13-35(34)42/h5-13,22-23,31-33H,14-21,24-25H2,1-4H3/t31-,32+,33?. The van der Waals surface area contributed by atoms with E-state index in [0.29, 0.717) is 18.1 Å². The highest BCUT2D eigenvalue weighted by molar-refractivity contribution is 5.97. The van der Waals surface area contributed by atoms with Crippen molar-refractivity contribution in [2.24, 2.45) is 0 Å². The average molecular weight is 575 g/mol. The van der Waals surface area contributed by atoms with Gasteiger partial charge < -0.3 is 9.47 Å². The average Bonchev–Trinajstić information content (AvgIpc) is 3.46. The highest BCUT2D eigenvalue weighted by atomic mass is 16.2. The number of imidazole rings is 1. The smallest absolute Gasteiger partial charge is 0.254 e. The van der Waals surface area contributed by atoms with Crippen LogP contribution in [0.2, 0.25) is 0 Å². The largest absolute Gasteiger partial charge is 0.339 e. The van der Waals surface area contributed by atoms with Crippen LogP contribution in [0.3, 0.4) is 0 Å². The summed E-state index contributed by atoms with van der Waals surface area (Å²) in [7, 11) is 0. The van der Waals surface area contributed by atoms with Gasteiger partial charge in [0, 0.05) is 36.8 Å². The number of piperidine rings is 2. The van der Waals surface area contributed by atoms with Crippen LogP contribution >= 0.6 is 0 Å². The third-order valence-electron chi connectivity index (χ3n) is 11.1. The van der Waals surface area contributed by atoms with Crippen LogP contribution in [0.5, 0.6) is 0 Å². The molecule has 5 heteroatoms. The Morgan fingerprint density at radius 1 is 0.837 bits per heavy atom. The second kappa shape index (κ2) is 11.2. The zero-order chi connectivity index (χ0) is 29.7. The predicted molar refractivity (Wildman–Crippen MR) is 175 cm³/mol. The molecule has 1 amide bonds. The van der Waals surface area contributed by atoms with Gasteiger partial charge in [0.25, 0.3) is 5.91 Å². The van der Waals surface area contributed by atoms with Crippen molar-refractivity contribution in [3.63, 3.8) is 0 Å². The fourth-order valence-electron chi connectivity index (χ4n) is 9.08. The molecule has 2 bridgehead atoms. The summed E-state index contributed by atoms with van der Waals surface area (Å²) in [5, 5.41) is 0. The maximum absolute atomic E-state index is 13.7. The first-order valence-corrected chi connectivity index (χ1v) is 16.4. The van der Waals surface area contributed by atoms with Gasteiger partial charge in [0.15, 0.2) is 0 Å². The molecule has 224 valence electrons. The zero-order valence-electron chi connectivity index (χ0n) is 26.4. The predicted octanol–water partition coefficient (Wildman–Crippen LogP) is 7.70. The lowest BCUT2D eigenvalue weighted by Crippen LogP contribution is -2.49. The molecule has 43 heavy (non-hydrogen) atoms. The van der Waals surface area contributed by atoms with Crippen molar-refractivity contribution in [2.45, 2.75) is 96.2 Å². The minimum absolute atomic E-state index is 0.114. The first kappa shape index (κ1) is 28.3. The van der Waals surface area contributed by atoms with E-state index >= 15 is 0 Å². The number of hydrogen-bond acceptors (Lipinski definition) is 3. The van der Waals surface area contributed by atoms with Gasteiger partial charge in [-0.15, -0.1) is 0 Å². The molecule has 3 aromatic carbocycles. The number of amides is 1. The number of nitrogens with zero attached hydrogens (tertiary/aromatic N) is 4. The molecule has 3 fully saturated rings. The Morgan fingerprint density at radius 2 is 1.47 bits per heavy atom. The number of fused-ring (bicyclic) bond motifs is 3. The van der Waals surface area contributed by atoms with Crippen molar-refractivity contribution in [3.8, 4) is 0 Å². The molecule has 3 aliphatic rings. The number of benzene rings is 3. The summed E-state index contributed by atoms with van der Waals surface area (Å²) in [4.78, 5) is 23.6. The van der Waals surface area contributed by atoms with Gasteiger partial charge in [0.2, 0.25) is 0 Å². The molecule has 0 saturated carbocycles. The van der Waals surface area contributed by atoms with Crippen LogP contribution in [-0.2, 0) is 5.41 Å². The summed E-state index contributed by atoms with van der Waals surface area (Å²) >= 11 is 0. The number of aryl methyl sites for hydroxylation is 4. The van der Waals surface area contributed by atoms with Gasteiger partial charge in [-0.2, -0.15) is 0 Å². The van der Waals surface area contributed by atoms with E-state index in [9.17, 15) is 4.79 Å². The molecular weight excluding hydrogens is 528 g/mol. The third-order valence-corrected chi connectivity index (χ3v) is 11.1. The van der Waals surface area contributed by atoms with Gasteiger partial charge in [-0.3, -0.25) is 9.69 Å². The number of rotatable bonds is 6. The third kappa shape index (κ3) is 5.10. The van der Waals surface area contributed by atoms with Crippen LogP contribution in [0.4, 0.5) is 0 Å². The lowest BCUT2D eigenvalue weighted by molar-refractivity contribution is 0.0606. The van der Waals surface area contributed by atoms with Gasteiger partial charge in [-0.25, -0.2) is 4.98 Å². The van der Waals surface area contributed by atoms with Crippen LogP contribution in [0.1, 0.15) is 89.4 Å². The molecule has 0 aliphatic carbocycles. The Hall–Kier alpha value is -3.44. The van der Waals surface area contributed by atoms with E-state index in [4.69, 9.17) is 4.98 Å². The van der Waals surface area contributed by atoms with Crippen LogP contribution in [0.15, 0.2) is 66.7 Å². The molecule has 0 N–H and O–H groups in total. The molecule has 0 radical (unpaired) electrons. The zero-order valence-corrected chi connectivity index (χ0v) is 26.4. The van der Waals surface area contributed by atoms with Gasteiger partial charge in [0.05, 0.1) is 11.0 Å². The number of hydrogen-bond donors (Lipinski definition) is 0. The second-order valence-corrected chi connectivity index (χ2v) is 13.7. The fraction of sp³-hybridized carbons (Fsp3) is 0.474. The molecule has 5 nitrogen and oxygen atoms in total. The first-order valence-electron chi connectivity index (χ1n) is 16.4. The molecule has 7 rings (SSSR count). The van der Waals surface area contributed by atoms with Gasteiger partial charge in [0.1, 0.15) is 5.82 Å². The summed E-state index contributed by atoms with van der Waals surface area (Å²) in [6.45, 7) is 11.2. The van der Waals surface area contributed by atoms with E-state index in [1.807, 2.05) is 0 Å². The quantitative estimate of drug-likeness (QED) is 0.237. The maximum atomic E-state index is 13.7. The molecular formula is C38H46N4O. The van der Waals surface area contributed by atoms with Crippen molar-refractivity contribution in [3.05, 3.63) is 100 Å². The number of aromatic nitrogens is 2. The molecule has 0 spiro atoms. The minimum Gasteiger partial charge on any atom is -0.339 e. The van der Waals surface area contributed by atoms with Gasteiger partial charge in [-0.1, -0.05) is 60.2 Å². The van der Waals surface area contributed by atoms with Crippen LogP contribution in [0, 0.1) is 27.7 Å². The number of carbonyl (C=O) groups is 1. The topological polar surface area (TPSA) is 41.4 Å². The van der Waals surface area contributed by atoms with Gasteiger partial charge >= 0.3 is 0 Å². The van der Waals surface area contributed by atoms with E-state index in [2.05, 4.69) is 109 Å². The summed E-state index contributed by atoms with van der Waals surface area (Å²) in [5.74, 6) is 1.36. The molecule has 3 atom stereocenters. The summed E-state index contributed by atoms with van der Waals surface area (Å²) in [6, 6.07) is 25.9. The maximum Gasteiger partial charge on any atom is 0.254 e. The second-order valence-electron chi connectivity index (χ2n) is 13.7. The summed E-state index contributed by atoms with van der Waals surface area (Å²) < 4.78 is 2.54. The van der Waals surface area contributed by atoms with E-state index in [-0.39, 0.29) is 11.3 Å². The van der Waals surface area contributed by atoms with Crippen molar-refractivity contribution in [2.75, 3.05) is 19.6 Å². The fourth-order valence-corrected chi connectivity index (χ4v) is 9.08. The van der Waals surface area contributed by atoms with E-state index in [1.165, 1.54) is 42.3 Å². The Balaban J connectivity index is 1.07. The van der Waals surface area contributed by atoms with Crippen LogP contribution < -0.4 is 0 Å². The van der Waals surface area contributed by atoms with Crippen LogP contribution in [0.25, 0.3) is 11.0 Å². The minimum atomic E-state index is 0.114. The Labute approximate surface area is 256 Å². The van der Waals surface area contributed by atoms with Crippen LogP contribution in [-0.4, -0.2) is 57.0 Å². The Morgan fingerprint density at radius 3 is 2.14 bits per heavy atom. The molecule has 1 unspecified atom stereocenters. The van der Waals surface area contributed by atoms with E-state index in [0.717, 1.165) is 66.9 Å². The highest BCUT2D eigenvalue weighted by Crippen LogP contribution is 2.45. The molecule has 3 saturated heterocycles. The van der Waals surface area contributed by atoms with E-state index in [1.54, 1.807) is 0 Å². The summed E-state index contributed by atoms with van der Waals surface area (Å²) in [6.07, 6.45) is 8.26. The normalized spacial score (nSPS) is 23.6. The lowest BCUT2D eigenvalue weighted by atomic mass is 9.70. The van der Waals surface area contributed by atoms with E-state index < -0.39 is 0 Å². The monoisotopic (exact) mass is 574 g/mol. The van der Waals surface area contributed by atoms with Gasteiger partial charge in [-0.05, 0) is 113 Å². The molecule has 3 aliphatic heterocycles. The van der Waals surface area contributed by atoms with Crippen molar-refractivity contribution in [1.82, 2.24) is 19.4 Å². The van der Waals surface area contributed by atoms with Crippen molar-refractivity contribution in [1.29, 1.82) is 0 Å². The van der Waals surface area contributed by atoms with Crippen molar-refractivity contribution < 1.29 is 4.79 Å². The Bertz CT molecular complexity index is 1590. The Kier molecular flexibility index (Phi) is 7.41.